The lowest BCUT2D eigenvalue weighted by molar-refractivity contribution is -0.145. The van der Waals surface area contributed by atoms with Crippen LogP contribution in [0.15, 0.2) is 24.3 Å². The topological polar surface area (TPSA) is 101 Å². The van der Waals surface area contributed by atoms with Gasteiger partial charge in [-0.25, -0.2) is 0 Å². The van der Waals surface area contributed by atoms with Crippen LogP contribution in [0.4, 0.5) is 0 Å². The summed E-state index contributed by atoms with van der Waals surface area (Å²) in [5, 5.41) is 8.72. The number of rotatable bonds is 7. The molecule has 1 aromatic rings. The molecule has 0 fully saturated rings. The zero-order chi connectivity index (χ0) is 15.1. The van der Waals surface area contributed by atoms with Gasteiger partial charge in [0.05, 0.1) is 6.54 Å². The Hall–Kier alpha value is -2.37. The average Bonchev–Trinajstić information content (AvgIpc) is 2.34. The second kappa shape index (κ2) is 7.28. The molecule has 1 aromatic carbocycles. The molecule has 0 aliphatic heterocycles. The van der Waals surface area contributed by atoms with E-state index in [1.807, 2.05) is 31.2 Å². The van der Waals surface area contributed by atoms with Crippen molar-refractivity contribution in [2.45, 2.75) is 19.8 Å². The van der Waals surface area contributed by atoms with Crippen molar-refractivity contribution in [3.63, 3.8) is 0 Å². The molecule has 0 bridgehead atoms. The van der Waals surface area contributed by atoms with Crippen molar-refractivity contribution in [1.82, 2.24) is 4.90 Å². The van der Waals surface area contributed by atoms with Crippen LogP contribution in [0.25, 0.3) is 0 Å². The second-order valence-electron chi connectivity index (χ2n) is 4.60. The summed E-state index contributed by atoms with van der Waals surface area (Å²) in [6.45, 7) is 1.06. The normalized spacial score (nSPS) is 10.1. The van der Waals surface area contributed by atoms with Gasteiger partial charge in [-0.05, 0) is 18.9 Å². The monoisotopic (exact) mass is 278 g/mol. The van der Waals surface area contributed by atoms with Crippen molar-refractivity contribution in [2.24, 2.45) is 5.73 Å². The molecular weight excluding hydrogens is 260 g/mol. The third-order valence-electron chi connectivity index (χ3n) is 2.74. The highest BCUT2D eigenvalue weighted by molar-refractivity contribution is 5.86. The van der Waals surface area contributed by atoms with Gasteiger partial charge >= 0.3 is 5.97 Å². The van der Waals surface area contributed by atoms with Crippen LogP contribution in [0.3, 0.4) is 0 Å². The van der Waals surface area contributed by atoms with Crippen molar-refractivity contribution < 1.29 is 19.5 Å². The predicted octanol–water partition coefficient (Wildman–Crippen LogP) is 0.326. The lowest BCUT2D eigenvalue weighted by atomic mass is 10.1. The minimum Gasteiger partial charge on any atom is -0.480 e. The predicted molar refractivity (Wildman–Crippen MR) is 72.9 cm³/mol. The fourth-order valence-electron chi connectivity index (χ4n) is 1.86. The zero-order valence-electron chi connectivity index (χ0n) is 11.3. The number of benzene rings is 1. The summed E-state index contributed by atoms with van der Waals surface area (Å²) in [6.07, 6.45) is 0.638. The highest BCUT2D eigenvalue weighted by Gasteiger charge is 2.18. The maximum absolute atomic E-state index is 11.9. The van der Waals surface area contributed by atoms with E-state index in [9.17, 15) is 14.4 Å². The first-order valence-electron chi connectivity index (χ1n) is 6.22. The highest BCUT2D eigenvalue weighted by atomic mass is 16.4. The van der Waals surface area contributed by atoms with Gasteiger partial charge in [0.1, 0.15) is 6.54 Å². The molecule has 0 unspecified atom stereocenters. The summed E-state index contributed by atoms with van der Waals surface area (Å²) in [5.41, 5.74) is 7.09. The molecule has 20 heavy (non-hydrogen) atoms. The minimum atomic E-state index is -1.17. The minimum absolute atomic E-state index is 0.143. The molecule has 6 nitrogen and oxygen atoms in total. The Morgan fingerprint density at radius 1 is 1.25 bits per heavy atom. The van der Waals surface area contributed by atoms with Gasteiger partial charge in [0.2, 0.25) is 11.8 Å². The van der Waals surface area contributed by atoms with Crippen LogP contribution >= 0.6 is 0 Å². The van der Waals surface area contributed by atoms with Crippen LogP contribution in [-0.2, 0) is 20.8 Å². The third-order valence-corrected chi connectivity index (χ3v) is 2.74. The maximum Gasteiger partial charge on any atom is 0.323 e. The Morgan fingerprint density at radius 3 is 2.50 bits per heavy atom. The van der Waals surface area contributed by atoms with Gasteiger partial charge in [-0.3, -0.25) is 14.4 Å². The number of hydrogen-bond donors (Lipinski definition) is 2. The molecule has 1 rings (SSSR count). The van der Waals surface area contributed by atoms with Gasteiger partial charge in [0.15, 0.2) is 0 Å². The number of hydrogen-bond acceptors (Lipinski definition) is 3. The molecule has 0 saturated carbocycles. The van der Waals surface area contributed by atoms with Gasteiger partial charge in [-0.1, -0.05) is 29.8 Å². The van der Waals surface area contributed by atoms with Gasteiger partial charge in [-0.2, -0.15) is 0 Å². The third kappa shape index (κ3) is 5.51. The maximum atomic E-state index is 11.9. The summed E-state index contributed by atoms with van der Waals surface area (Å²) in [6, 6.07) is 7.71. The lowest BCUT2D eigenvalue weighted by Gasteiger charge is -2.18. The van der Waals surface area contributed by atoms with E-state index in [0.717, 1.165) is 16.0 Å². The molecule has 108 valence electrons. The fourth-order valence-corrected chi connectivity index (χ4v) is 1.86. The summed E-state index contributed by atoms with van der Waals surface area (Å²) in [4.78, 5) is 34.4. The molecule has 0 aliphatic rings. The Kier molecular flexibility index (Phi) is 5.71. The second-order valence-corrected chi connectivity index (χ2v) is 4.60. The first kappa shape index (κ1) is 15.7. The number of carbonyl (C=O) groups excluding carboxylic acids is 2. The van der Waals surface area contributed by atoms with E-state index in [4.69, 9.17) is 10.8 Å². The molecule has 0 atom stereocenters. The van der Waals surface area contributed by atoms with Crippen LogP contribution < -0.4 is 5.73 Å². The Balaban J connectivity index is 2.61. The number of nitrogens with zero attached hydrogens (tertiary/aromatic N) is 1. The van der Waals surface area contributed by atoms with Gasteiger partial charge in [-0.15, -0.1) is 0 Å². The van der Waals surface area contributed by atoms with E-state index in [0.29, 0.717) is 6.42 Å². The molecular formula is C14H18N2O4. The number of aryl methyl sites for hydroxylation is 2. The van der Waals surface area contributed by atoms with Crippen LogP contribution in [0.5, 0.6) is 0 Å². The smallest absolute Gasteiger partial charge is 0.323 e. The number of carboxylic acid groups (broad SMARTS) is 1. The van der Waals surface area contributed by atoms with Crippen molar-refractivity contribution in [1.29, 1.82) is 0 Å². The van der Waals surface area contributed by atoms with Gasteiger partial charge in [0, 0.05) is 6.42 Å². The van der Waals surface area contributed by atoms with Crippen LogP contribution in [0.1, 0.15) is 17.5 Å². The molecule has 3 N–H and O–H groups in total. The summed E-state index contributed by atoms with van der Waals surface area (Å²) in [7, 11) is 0. The van der Waals surface area contributed by atoms with E-state index in [1.54, 1.807) is 0 Å². The molecule has 0 spiro atoms. The molecule has 0 aliphatic carbocycles. The Labute approximate surface area is 117 Å². The van der Waals surface area contributed by atoms with E-state index in [2.05, 4.69) is 0 Å². The average molecular weight is 278 g/mol. The number of primary amides is 1. The zero-order valence-corrected chi connectivity index (χ0v) is 11.3. The summed E-state index contributed by atoms with van der Waals surface area (Å²) in [5.74, 6) is -2.29. The molecule has 2 amide bonds. The molecule has 6 heteroatoms. The summed E-state index contributed by atoms with van der Waals surface area (Å²) >= 11 is 0. The quantitative estimate of drug-likeness (QED) is 0.750. The van der Waals surface area contributed by atoms with Crippen molar-refractivity contribution in [3.05, 3.63) is 35.4 Å². The number of nitrogens with two attached hydrogens (primary N) is 1. The SMILES string of the molecule is Cc1cccc(CCC(=O)N(CC(N)=O)CC(=O)O)c1. The number of aliphatic carboxylic acids is 1. The van der Waals surface area contributed by atoms with Crippen molar-refractivity contribution >= 4 is 17.8 Å². The van der Waals surface area contributed by atoms with E-state index in [-0.39, 0.29) is 13.0 Å². The number of carboxylic acids is 1. The number of amides is 2. The van der Waals surface area contributed by atoms with E-state index >= 15 is 0 Å². The van der Waals surface area contributed by atoms with Crippen LogP contribution in [0.2, 0.25) is 0 Å². The van der Waals surface area contributed by atoms with Crippen LogP contribution in [0, 0.1) is 6.92 Å². The first-order valence-corrected chi connectivity index (χ1v) is 6.22. The Bertz CT molecular complexity index is 498. The molecule has 0 aromatic heterocycles. The Morgan fingerprint density at radius 2 is 1.95 bits per heavy atom. The van der Waals surface area contributed by atoms with Gasteiger partial charge in [0.25, 0.3) is 0 Å². The standard InChI is InChI=1S/C14H18N2O4/c1-10-3-2-4-11(7-10)5-6-13(18)16(8-12(15)17)9-14(19)20/h2-4,7H,5-6,8-9H2,1H3,(H2,15,17)(H,19,20). The molecule has 0 heterocycles. The van der Waals surface area contributed by atoms with Gasteiger partial charge < -0.3 is 15.7 Å². The molecule has 0 radical (unpaired) electrons. The van der Waals surface area contributed by atoms with E-state index < -0.39 is 24.3 Å². The molecule has 0 saturated heterocycles. The number of carbonyl (C=O) groups is 3. The fraction of sp³-hybridized carbons (Fsp3) is 0.357. The lowest BCUT2D eigenvalue weighted by Crippen LogP contribution is -2.41. The van der Waals surface area contributed by atoms with E-state index in [1.165, 1.54) is 0 Å². The highest BCUT2D eigenvalue weighted by Crippen LogP contribution is 2.08. The van der Waals surface area contributed by atoms with Crippen molar-refractivity contribution in [3.8, 4) is 0 Å². The van der Waals surface area contributed by atoms with Crippen molar-refractivity contribution in [2.75, 3.05) is 13.1 Å². The first-order chi connectivity index (χ1) is 9.38. The largest absolute Gasteiger partial charge is 0.480 e. The van der Waals surface area contributed by atoms with Crippen LogP contribution in [-0.4, -0.2) is 40.9 Å². The summed E-state index contributed by atoms with van der Waals surface area (Å²) < 4.78 is 0.